The van der Waals surface area contributed by atoms with Crippen LogP contribution in [0.25, 0.3) is 0 Å². The van der Waals surface area contributed by atoms with Gasteiger partial charge in [0.25, 0.3) is 0 Å². The first-order chi connectivity index (χ1) is 7.11. The van der Waals surface area contributed by atoms with Crippen LogP contribution in [0.1, 0.15) is 32.3 Å². The molecule has 84 valence electrons. The first kappa shape index (κ1) is 12.7. The third-order valence-corrected chi connectivity index (χ3v) is 3.58. The molecule has 0 aromatic heterocycles. The summed E-state index contributed by atoms with van der Waals surface area (Å²) in [6.07, 6.45) is 3.10. The van der Waals surface area contributed by atoms with Gasteiger partial charge in [-0.05, 0) is 29.9 Å². The van der Waals surface area contributed by atoms with Crippen LogP contribution in [0.3, 0.4) is 0 Å². The highest BCUT2D eigenvalue weighted by Crippen LogP contribution is 2.30. The fraction of sp³-hybridized carbons (Fsp3) is 0.538. The summed E-state index contributed by atoms with van der Waals surface area (Å²) in [7, 11) is 0. The largest absolute Gasteiger partial charge is 0.396 e. The van der Waals surface area contributed by atoms with E-state index in [4.69, 9.17) is 0 Å². The summed E-state index contributed by atoms with van der Waals surface area (Å²) in [4.78, 5) is 0. The minimum absolute atomic E-state index is 0.0125. The van der Waals surface area contributed by atoms with E-state index in [1.807, 2.05) is 12.1 Å². The molecule has 0 aliphatic heterocycles. The molecule has 1 unspecified atom stereocenters. The van der Waals surface area contributed by atoms with Crippen LogP contribution in [0.15, 0.2) is 28.7 Å². The molecule has 1 aromatic carbocycles. The van der Waals surface area contributed by atoms with Gasteiger partial charge in [-0.25, -0.2) is 0 Å². The molecular weight excluding hydrogens is 252 g/mol. The number of hydrogen-bond donors (Lipinski definition) is 1. The Morgan fingerprint density at radius 2 is 2.00 bits per heavy atom. The van der Waals surface area contributed by atoms with E-state index < -0.39 is 0 Å². The molecule has 0 aliphatic carbocycles. The quantitative estimate of drug-likeness (QED) is 0.863. The molecule has 1 aromatic rings. The van der Waals surface area contributed by atoms with E-state index in [2.05, 4.69) is 41.9 Å². The Morgan fingerprint density at radius 1 is 1.33 bits per heavy atom. The molecule has 1 N–H and O–H groups in total. The second-order valence-electron chi connectivity index (χ2n) is 4.49. The van der Waals surface area contributed by atoms with Crippen molar-refractivity contribution in [3.05, 3.63) is 34.3 Å². The smallest absolute Gasteiger partial charge is 0.0487 e. The number of aliphatic hydroxyl groups excluding tert-OH is 1. The first-order valence-corrected chi connectivity index (χ1v) is 6.25. The summed E-state index contributed by atoms with van der Waals surface area (Å²) in [6.45, 7) is 4.56. The predicted octanol–water partition coefficient (Wildman–Crippen LogP) is 3.79. The highest BCUT2D eigenvalue weighted by molar-refractivity contribution is 9.10. The number of benzene rings is 1. The van der Waals surface area contributed by atoms with Gasteiger partial charge in [-0.3, -0.25) is 0 Å². The minimum atomic E-state index is 0.0125. The van der Waals surface area contributed by atoms with Gasteiger partial charge in [0.2, 0.25) is 0 Å². The van der Waals surface area contributed by atoms with Crippen molar-refractivity contribution in [1.82, 2.24) is 0 Å². The Balaban J connectivity index is 2.79. The topological polar surface area (TPSA) is 20.2 Å². The first-order valence-electron chi connectivity index (χ1n) is 5.45. The Kier molecular flexibility index (Phi) is 4.81. The van der Waals surface area contributed by atoms with Crippen molar-refractivity contribution in [3.8, 4) is 0 Å². The molecule has 2 heteroatoms. The Hall–Kier alpha value is -0.340. The molecule has 0 aliphatic rings. The van der Waals surface area contributed by atoms with Crippen LogP contribution >= 0.6 is 15.9 Å². The van der Waals surface area contributed by atoms with E-state index in [0.717, 1.165) is 23.7 Å². The third-order valence-electron chi connectivity index (χ3n) is 2.81. The highest BCUT2D eigenvalue weighted by Gasteiger charge is 2.23. The summed E-state index contributed by atoms with van der Waals surface area (Å²) in [6, 6.07) is 8.24. The van der Waals surface area contributed by atoms with Crippen molar-refractivity contribution in [2.75, 3.05) is 6.61 Å². The van der Waals surface area contributed by atoms with Gasteiger partial charge in [0.15, 0.2) is 0 Å². The van der Waals surface area contributed by atoms with Gasteiger partial charge in [0.05, 0.1) is 0 Å². The van der Waals surface area contributed by atoms with Crippen LogP contribution in [-0.4, -0.2) is 11.7 Å². The Morgan fingerprint density at radius 3 is 2.53 bits per heavy atom. The van der Waals surface area contributed by atoms with Crippen molar-refractivity contribution in [2.45, 2.75) is 33.1 Å². The lowest BCUT2D eigenvalue weighted by molar-refractivity contribution is 0.131. The summed E-state index contributed by atoms with van der Waals surface area (Å²) >= 11 is 3.55. The van der Waals surface area contributed by atoms with E-state index in [1.54, 1.807) is 0 Å². The summed E-state index contributed by atoms with van der Waals surface area (Å²) in [5.74, 6) is 0. The zero-order valence-corrected chi connectivity index (χ0v) is 11.0. The molecule has 1 atom stereocenters. The minimum Gasteiger partial charge on any atom is -0.396 e. The van der Waals surface area contributed by atoms with Crippen LogP contribution in [0, 0.1) is 5.41 Å². The fourth-order valence-corrected chi connectivity index (χ4v) is 2.35. The molecule has 0 spiro atoms. The van der Waals surface area contributed by atoms with Crippen LogP contribution in [0.4, 0.5) is 0 Å². The maximum atomic E-state index is 9.45. The summed E-state index contributed by atoms with van der Waals surface area (Å²) in [5, 5.41) is 9.45. The molecule has 0 saturated heterocycles. The van der Waals surface area contributed by atoms with Crippen LogP contribution in [0.2, 0.25) is 0 Å². The lowest BCUT2D eigenvalue weighted by Crippen LogP contribution is -2.24. The Labute approximate surface area is 101 Å². The van der Waals surface area contributed by atoms with E-state index >= 15 is 0 Å². The van der Waals surface area contributed by atoms with Gasteiger partial charge in [0.1, 0.15) is 0 Å². The lowest BCUT2D eigenvalue weighted by Gasteiger charge is -2.27. The molecule has 0 amide bonds. The van der Waals surface area contributed by atoms with Crippen LogP contribution in [-0.2, 0) is 6.42 Å². The van der Waals surface area contributed by atoms with Gasteiger partial charge in [0, 0.05) is 11.1 Å². The average molecular weight is 271 g/mol. The number of hydrogen-bond acceptors (Lipinski definition) is 1. The maximum absolute atomic E-state index is 9.45. The molecule has 0 heterocycles. The van der Waals surface area contributed by atoms with Crippen LogP contribution < -0.4 is 0 Å². The molecular formula is C13H19BrO. The highest BCUT2D eigenvalue weighted by atomic mass is 79.9. The predicted molar refractivity (Wildman–Crippen MR) is 67.9 cm³/mol. The molecule has 0 bridgehead atoms. The van der Waals surface area contributed by atoms with Crippen molar-refractivity contribution in [3.63, 3.8) is 0 Å². The average Bonchev–Trinajstić information content (AvgIpc) is 2.22. The Bertz CT molecular complexity index is 311. The zero-order valence-electron chi connectivity index (χ0n) is 9.46. The monoisotopic (exact) mass is 270 g/mol. The second-order valence-corrected chi connectivity index (χ2v) is 5.34. The van der Waals surface area contributed by atoms with Crippen LogP contribution in [0.5, 0.6) is 0 Å². The molecule has 1 rings (SSSR count). The lowest BCUT2D eigenvalue weighted by atomic mass is 9.80. The van der Waals surface area contributed by atoms with Gasteiger partial charge < -0.3 is 5.11 Å². The standard InChI is InChI=1S/C13H19BrO/c1-3-8-13(2,10-15)9-11-6-4-5-7-12(11)14/h4-7,15H,3,8-10H2,1-2H3. The van der Waals surface area contributed by atoms with Gasteiger partial charge in [-0.15, -0.1) is 0 Å². The second kappa shape index (κ2) is 5.66. The van der Waals surface area contributed by atoms with Crippen molar-refractivity contribution in [2.24, 2.45) is 5.41 Å². The molecule has 0 saturated carbocycles. The van der Waals surface area contributed by atoms with Gasteiger partial charge >= 0.3 is 0 Å². The van der Waals surface area contributed by atoms with E-state index in [0.29, 0.717) is 0 Å². The van der Waals surface area contributed by atoms with Gasteiger partial charge in [-0.1, -0.05) is 54.4 Å². The SMILES string of the molecule is CCCC(C)(CO)Cc1ccccc1Br. The number of aliphatic hydroxyl groups is 1. The normalized spacial score (nSPS) is 14.9. The molecule has 0 fully saturated rings. The summed E-state index contributed by atoms with van der Waals surface area (Å²) < 4.78 is 1.14. The summed E-state index contributed by atoms with van der Waals surface area (Å²) in [5.41, 5.74) is 1.29. The number of halogens is 1. The maximum Gasteiger partial charge on any atom is 0.0487 e. The zero-order chi connectivity index (χ0) is 11.3. The fourth-order valence-electron chi connectivity index (χ4n) is 1.93. The van der Waals surface area contributed by atoms with Crippen molar-refractivity contribution < 1.29 is 5.11 Å². The van der Waals surface area contributed by atoms with Crippen molar-refractivity contribution >= 4 is 15.9 Å². The van der Waals surface area contributed by atoms with E-state index in [-0.39, 0.29) is 12.0 Å². The third kappa shape index (κ3) is 3.62. The molecule has 0 radical (unpaired) electrons. The molecule has 15 heavy (non-hydrogen) atoms. The van der Waals surface area contributed by atoms with Crippen molar-refractivity contribution in [1.29, 1.82) is 0 Å². The van der Waals surface area contributed by atoms with E-state index in [1.165, 1.54) is 5.56 Å². The van der Waals surface area contributed by atoms with E-state index in [9.17, 15) is 5.11 Å². The molecule has 1 nitrogen and oxygen atoms in total. The number of rotatable bonds is 5. The van der Waals surface area contributed by atoms with Gasteiger partial charge in [-0.2, -0.15) is 0 Å².